The lowest BCUT2D eigenvalue weighted by Gasteiger charge is -2.26. The van der Waals surface area contributed by atoms with Crippen LogP contribution in [0.4, 0.5) is 0 Å². The number of aromatic nitrogens is 2. The lowest BCUT2D eigenvalue weighted by atomic mass is 10.1. The number of hydrogen-bond donors (Lipinski definition) is 2. The fourth-order valence-corrected chi connectivity index (χ4v) is 3.63. The highest BCUT2D eigenvalue weighted by molar-refractivity contribution is 7.89. The molecule has 1 aromatic rings. The first kappa shape index (κ1) is 15.4. The van der Waals surface area contributed by atoms with Crippen molar-refractivity contribution in [3.63, 3.8) is 0 Å². The summed E-state index contributed by atoms with van der Waals surface area (Å²) in [5.41, 5.74) is 0.643. The summed E-state index contributed by atoms with van der Waals surface area (Å²) < 4.78 is 32.0. The molecule has 7 nitrogen and oxygen atoms in total. The van der Waals surface area contributed by atoms with E-state index in [9.17, 15) is 8.42 Å². The Kier molecular flexibility index (Phi) is 5.14. The van der Waals surface area contributed by atoms with Crippen molar-refractivity contribution in [1.29, 1.82) is 0 Å². The number of ether oxygens (including phenoxy) is 1. The van der Waals surface area contributed by atoms with E-state index in [0.717, 1.165) is 19.3 Å². The van der Waals surface area contributed by atoms with E-state index in [1.807, 2.05) is 0 Å². The van der Waals surface area contributed by atoms with Crippen molar-refractivity contribution in [1.82, 2.24) is 19.8 Å². The molecule has 1 unspecified atom stereocenters. The minimum atomic E-state index is -3.55. The Morgan fingerprint density at radius 3 is 3.00 bits per heavy atom. The van der Waals surface area contributed by atoms with Crippen LogP contribution >= 0.6 is 0 Å². The SMILES string of the molecule is CNCc1cn[nH]c1S(=O)(=O)N(C)CC1CCCCO1. The molecule has 0 bridgehead atoms. The van der Waals surface area contributed by atoms with Crippen LogP contribution in [-0.2, 0) is 21.3 Å². The van der Waals surface area contributed by atoms with Crippen LogP contribution < -0.4 is 5.32 Å². The number of rotatable bonds is 6. The third-order valence-corrected chi connectivity index (χ3v) is 5.29. The minimum Gasteiger partial charge on any atom is -0.377 e. The van der Waals surface area contributed by atoms with Crippen LogP contribution in [0.15, 0.2) is 11.2 Å². The Morgan fingerprint density at radius 2 is 2.35 bits per heavy atom. The molecule has 1 atom stereocenters. The number of nitrogens with one attached hydrogen (secondary N) is 2. The largest absolute Gasteiger partial charge is 0.377 e. The van der Waals surface area contributed by atoms with Gasteiger partial charge < -0.3 is 10.1 Å². The molecule has 114 valence electrons. The van der Waals surface area contributed by atoms with Crippen LogP contribution in [0.25, 0.3) is 0 Å². The third-order valence-electron chi connectivity index (χ3n) is 3.45. The first-order valence-corrected chi connectivity index (χ1v) is 8.24. The molecule has 0 spiro atoms. The van der Waals surface area contributed by atoms with Crippen molar-refractivity contribution in [2.45, 2.75) is 36.9 Å². The maximum absolute atomic E-state index is 12.5. The van der Waals surface area contributed by atoms with E-state index in [-0.39, 0.29) is 11.1 Å². The quantitative estimate of drug-likeness (QED) is 0.790. The summed E-state index contributed by atoms with van der Waals surface area (Å²) in [4.78, 5) is 0. The molecular formula is C12H22N4O3S. The smallest absolute Gasteiger partial charge is 0.260 e. The van der Waals surface area contributed by atoms with Gasteiger partial charge in [-0.1, -0.05) is 0 Å². The topological polar surface area (TPSA) is 87.3 Å². The number of sulfonamides is 1. The molecule has 2 heterocycles. The maximum Gasteiger partial charge on any atom is 0.260 e. The van der Waals surface area contributed by atoms with Gasteiger partial charge in [-0.2, -0.15) is 9.40 Å². The second-order valence-corrected chi connectivity index (χ2v) is 7.01. The Labute approximate surface area is 119 Å². The van der Waals surface area contributed by atoms with Crippen LogP contribution in [0.3, 0.4) is 0 Å². The molecule has 0 aliphatic carbocycles. The van der Waals surface area contributed by atoms with Crippen LogP contribution in [0, 0.1) is 0 Å². The van der Waals surface area contributed by atoms with E-state index in [4.69, 9.17) is 4.74 Å². The van der Waals surface area contributed by atoms with Gasteiger partial charge in [-0.05, 0) is 26.3 Å². The molecule has 0 radical (unpaired) electrons. The standard InChI is InChI=1S/C12H22N4O3S/c1-13-7-10-8-14-15-12(10)20(17,18)16(2)9-11-5-3-4-6-19-11/h8,11,13H,3-7,9H2,1-2H3,(H,14,15). The zero-order valence-electron chi connectivity index (χ0n) is 11.9. The van der Waals surface area contributed by atoms with Gasteiger partial charge in [0.25, 0.3) is 10.0 Å². The Morgan fingerprint density at radius 1 is 1.55 bits per heavy atom. The van der Waals surface area contributed by atoms with Crippen molar-refractivity contribution in [2.75, 3.05) is 27.2 Å². The molecule has 2 N–H and O–H groups in total. The molecule has 1 aliphatic heterocycles. The third kappa shape index (κ3) is 3.38. The fraction of sp³-hybridized carbons (Fsp3) is 0.750. The highest BCUT2D eigenvalue weighted by Gasteiger charge is 2.28. The van der Waals surface area contributed by atoms with Gasteiger partial charge in [0.05, 0.1) is 12.3 Å². The average Bonchev–Trinajstić information content (AvgIpc) is 2.89. The Balaban J connectivity index is 2.10. The fourth-order valence-electron chi connectivity index (χ4n) is 2.33. The van der Waals surface area contributed by atoms with Gasteiger partial charge in [0, 0.05) is 32.3 Å². The summed E-state index contributed by atoms with van der Waals surface area (Å²) >= 11 is 0. The van der Waals surface area contributed by atoms with Crippen LogP contribution in [0.2, 0.25) is 0 Å². The first-order valence-electron chi connectivity index (χ1n) is 6.80. The number of nitrogens with zero attached hydrogens (tertiary/aromatic N) is 2. The lowest BCUT2D eigenvalue weighted by molar-refractivity contribution is 0.00856. The second-order valence-electron chi connectivity index (χ2n) is 5.03. The molecular weight excluding hydrogens is 280 g/mol. The number of aromatic amines is 1. The molecule has 1 saturated heterocycles. The van der Waals surface area contributed by atoms with E-state index in [0.29, 0.717) is 25.3 Å². The zero-order chi connectivity index (χ0) is 14.6. The molecule has 2 rings (SSSR count). The van der Waals surface area contributed by atoms with E-state index < -0.39 is 10.0 Å². The van der Waals surface area contributed by atoms with Gasteiger partial charge in [0.15, 0.2) is 5.03 Å². The normalized spacial score (nSPS) is 20.4. The molecule has 0 amide bonds. The Hall–Kier alpha value is -0.960. The minimum absolute atomic E-state index is 0.0146. The van der Waals surface area contributed by atoms with Crippen LogP contribution in [-0.4, -0.2) is 56.3 Å². The summed E-state index contributed by atoms with van der Waals surface area (Å²) in [5, 5.41) is 9.52. The van der Waals surface area contributed by atoms with Crippen LogP contribution in [0.5, 0.6) is 0 Å². The highest BCUT2D eigenvalue weighted by Crippen LogP contribution is 2.19. The molecule has 20 heavy (non-hydrogen) atoms. The van der Waals surface area contributed by atoms with Gasteiger partial charge in [-0.3, -0.25) is 5.10 Å². The predicted octanol–water partition coefficient (Wildman–Crippen LogP) is 0.319. The number of likely N-dealkylation sites (N-methyl/N-ethyl adjacent to an activating group) is 1. The van der Waals surface area contributed by atoms with Crippen LogP contribution in [0.1, 0.15) is 24.8 Å². The predicted molar refractivity (Wildman–Crippen MR) is 74.8 cm³/mol. The van der Waals surface area contributed by atoms with Crippen molar-refractivity contribution < 1.29 is 13.2 Å². The average molecular weight is 302 g/mol. The summed E-state index contributed by atoms with van der Waals surface area (Å²) in [6.07, 6.45) is 4.58. The molecule has 1 fully saturated rings. The molecule has 0 saturated carbocycles. The van der Waals surface area contributed by atoms with Crippen molar-refractivity contribution >= 4 is 10.0 Å². The summed E-state index contributed by atoms with van der Waals surface area (Å²) in [7, 11) is -0.205. The summed E-state index contributed by atoms with van der Waals surface area (Å²) in [6.45, 7) is 1.55. The van der Waals surface area contributed by atoms with Crippen molar-refractivity contribution in [3.8, 4) is 0 Å². The molecule has 1 aromatic heterocycles. The van der Waals surface area contributed by atoms with Crippen molar-refractivity contribution in [3.05, 3.63) is 11.8 Å². The summed E-state index contributed by atoms with van der Waals surface area (Å²) in [5.74, 6) is 0. The van der Waals surface area contributed by atoms with E-state index >= 15 is 0 Å². The molecule has 1 aliphatic rings. The second kappa shape index (κ2) is 6.66. The van der Waals surface area contributed by atoms with E-state index in [2.05, 4.69) is 15.5 Å². The van der Waals surface area contributed by atoms with Crippen molar-refractivity contribution in [2.24, 2.45) is 0 Å². The van der Waals surface area contributed by atoms with Gasteiger partial charge in [0.2, 0.25) is 0 Å². The monoisotopic (exact) mass is 302 g/mol. The van der Waals surface area contributed by atoms with E-state index in [1.165, 1.54) is 10.5 Å². The highest BCUT2D eigenvalue weighted by atomic mass is 32.2. The number of H-pyrrole nitrogens is 1. The Bertz CT molecular complexity index is 523. The lowest BCUT2D eigenvalue weighted by Crippen LogP contribution is -2.37. The van der Waals surface area contributed by atoms with Gasteiger partial charge >= 0.3 is 0 Å². The molecule has 8 heteroatoms. The zero-order valence-corrected chi connectivity index (χ0v) is 12.7. The number of hydrogen-bond acceptors (Lipinski definition) is 5. The maximum atomic E-state index is 12.5. The van der Waals surface area contributed by atoms with Gasteiger partial charge in [0.1, 0.15) is 0 Å². The van der Waals surface area contributed by atoms with E-state index in [1.54, 1.807) is 14.1 Å². The van der Waals surface area contributed by atoms with Gasteiger partial charge in [-0.15, -0.1) is 0 Å². The summed E-state index contributed by atoms with van der Waals surface area (Å²) in [6, 6.07) is 0. The van der Waals surface area contributed by atoms with Gasteiger partial charge in [-0.25, -0.2) is 8.42 Å². The first-order chi connectivity index (χ1) is 9.55. The molecule has 0 aromatic carbocycles.